The largest absolute Gasteiger partial charge is 0.394 e. The average molecular weight is 1330 g/mol. The summed E-state index contributed by atoms with van der Waals surface area (Å²) in [6, 6.07) is -0.813. The normalized spacial score (nSPS) is 18.1. The van der Waals surface area contributed by atoms with Gasteiger partial charge >= 0.3 is 0 Å². The number of amides is 1. The lowest BCUT2D eigenvalue weighted by atomic mass is 9.99. The predicted octanol–water partition coefficient (Wildman–Crippen LogP) is 23.5. The van der Waals surface area contributed by atoms with Crippen molar-refractivity contribution < 1.29 is 39.8 Å². The van der Waals surface area contributed by atoms with Crippen LogP contribution in [-0.4, -0.2) is 87.5 Å². The zero-order valence-electron chi connectivity index (χ0n) is 61.9. The van der Waals surface area contributed by atoms with E-state index in [0.29, 0.717) is 6.42 Å². The molecule has 95 heavy (non-hydrogen) atoms. The molecular weight excluding hydrogens is 1170 g/mol. The molecule has 1 aliphatic heterocycles. The molecule has 0 bridgehead atoms. The van der Waals surface area contributed by atoms with Crippen molar-refractivity contribution in [2.24, 2.45) is 0 Å². The van der Waals surface area contributed by atoms with Crippen molar-refractivity contribution in [3.05, 3.63) is 109 Å². The van der Waals surface area contributed by atoms with Crippen LogP contribution in [0.4, 0.5) is 0 Å². The highest BCUT2D eigenvalue weighted by molar-refractivity contribution is 5.76. The number of carbonyl (C=O) groups is 1. The monoisotopic (exact) mass is 1330 g/mol. The van der Waals surface area contributed by atoms with Gasteiger partial charge in [-0.2, -0.15) is 0 Å². The Bertz CT molecular complexity index is 1880. The van der Waals surface area contributed by atoms with Crippen molar-refractivity contribution in [1.29, 1.82) is 0 Å². The molecule has 7 unspecified atom stereocenters. The van der Waals surface area contributed by atoms with Gasteiger partial charge in [0.2, 0.25) is 5.91 Å². The third-order valence-electron chi connectivity index (χ3n) is 18.9. The highest BCUT2D eigenvalue weighted by Crippen LogP contribution is 2.24. The molecule has 1 aliphatic rings. The maximum atomic E-state index is 13.2. The number of allylic oxidation sites excluding steroid dienone is 17. The average Bonchev–Trinajstić information content (AvgIpc) is 0.836. The van der Waals surface area contributed by atoms with Crippen molar-refractivity contribution >= 4 is 5.91 Å². The predicted molar refractivity (Wildman–Crippen MR) is 410 cm³/mol. The van der Waals surface area contributed by atoms with Gasteiger partial charge in [-0.3, -0.25) is 4.79 Å². The number of aliphatic hydroxyl groups is 5. The first-order valence-electron chi connectivity index (χ1n) is 40.6. The van der Waals surface area contributed by atoms with E-state index in [1.165, 1.54) is 263 Å². The van der Waals surface area contributed by atoms with Gasteiger partial charge in [0.15, 0.2) is 6.29 Å². The summed E-state index contributed by atoms with van der Waals surface area (Å²) in [5.74, 6) is -0.176. The number of unbranched alkanes of at least 4 members (excludes halogenated alkanes) is 45. The van der Waals surface area contributed by atoms with Gasteiger partial charge in [0, 0.05) is 6.42 Å². The first kappa shape index (κ1) is 89.9. The molecule has 6 N–H and O–H groups in total. The van der Waals surface area contributed by atoms with Crippen LogP contribution in [0.2, 0.25) is 0 Å². The molecule has 0 radical (unpaired) electrons. The molecule has 9 nitrogen and oxygen atoms in total. The molecule has 1 fully saturated rings. The van der Waals surface area contributed by atoms with Crippen LogP contribution in [0.5, 0.6) is 0 Å². The molecule has 1 saturated heterocycles. The fourth-order valence-corrected chi connectivity index (χ4v) is 12.6. The van der Waals surface area contributed by atoms with Crippen LogP contribution in [0.15, 0.2) is 109 Å². The van der Waals surface area contributed by atoms with Gasteiger partial charge in [-0.1, -0.05) is 393 Å². The Morgan fingerprint density at radius 3 is 0.968 bits per heavy atom. The first-order valence-corrected chi connectivity index (χ1v) is 40.6. The Morgan fingerprint density at radius 2 is 0.653 bits per heavy atom. The van der Waals surface area contributed by atoms with Crippen LogP contribution in [0.1, 0.15) is 373 Å². The smallest absolute Gasteiger partial charge is 0.220 e. The standard InChI is InChI=1S/C86H153NO8/c1-3-5-7-9-11-13-15-17-19-21-23-25-27-29-31-33-35-37-38-39-40-41-42-44-46-48-50-52-54-56-58-60-62-64-66-68-70-72-74-76-82(90)87-79(78-94-86-85(93)84(92)83(91)81(77-88)95-86)80(89)75-73-71-69-67-65-63-61-59-57-55-53-51-49-47-45-43-36-34-32-30-28-26-24-22-20-18-16-14-12-10-8-6-4-2/h5,7,11,13,17,19,23,25,29,31,35,37,39-40,42,44,73,75,79-81,83-86,88-89,91-93H,3-4,6,8-10,12,14-16,18,20-22,24,26-28,30,32-34,36,38,41,43,45-72,74,76-78H2,1-2H3,(H,87,90)/b7-5-,13-11-,19-17-,25-23-,31-29-,37-35-,40-39-,44-42-,75-73+. The SMILES string of the molecule is CC/C=C\C/C=C\C/C=C\C/C=C\C/C=C\C/C=C\C/C=C\C/C=C\CCCCCCCCCCCCCCCCC(=O)NC(COC1OC(CO)C(O)C(O)C1O)C(O)/C=C/CCCCCCCCCCCCCCCCCCCCCCCCCCCCCCCCC. The second-order valence-electron chi connectivity index (χ2n) is 27.8. The van der Waals surface area contributed by atoms with Gasteiger partial charge < -0.3 is 40.3 Å². The van der Waals surface area contributed by atoms with E-state index in [9.17, 15) is 30.3 Å². The second kappa shape index (κ2) is 73.6. The summed E-state index contributed by atoms with van der Waals surface area (Å²) >= 11 is 0. The van der Waals surface area contributed by atoms with Gasteiger partial charge in [0.1, 0.15) is 24.4 Å². The van der Waals surface area contributed by atoms with E-state index >= 15 is 0 Å². The molecule has 0 aliphatic carbocycles. The van der Waals surface area contributed by atoms with Crippen molar-refractivity contribution in [2.75, 3.05) is 13.2 Å². The van der Waals surface area contributed by atoms with Gasteiger partial charge in [0.25, 0.3) is 0 Å². The molecule has 550 valence electrons. The molecule has 0 aromatic carbocycles. The number of hydrogen-bond donors (Lipinski definition) is 6. The lowest BCUT2D eigenvalue weighted by molar-refractivity contribution is -0.302. The van der Waals surface area contributed by atoms with Crippen LogP contribution in [0.25, 0.3) is 0 Å². The van der Waals surface area contributed by atoms with Crippen LogP contribution in [0, 0.1) is 0 Å². The fourth-order valence-electron chi connectivity index (χ4n) is 12.6. The summed E-state index contributed by atoms with van der Waals surface area (Å²) in [7, 11) is 0. The van der Waals surface area contributed by atoms with Crippen molar-refractivity contribution in [3.63, 3.8) is 0 Å². The van der Waals surface area contributed by atoms with Crippen molar-refractivity contribution in [1.82, 2.24) is 5.32 Å². The summed E-state index contributed by atoms with van der Waals surface area (Å²) < 4.78 is 11.4. The highest BCUT2D eigenvalue weighted by atomic mass is 16.7. The minimum atomic E-state index is -1.57. The van der Waals surface area contributed by atoms with Crippen LogP contribution >= 0.6 is 0 Å². The quantitative estimate of drug-likeness (QED) is 0.0261. The van der Waals surface area contributed by atoms with Gasteiger partial charge in [-0.15, -0.1) is 0 Å². The molecule has 0 aromatic heterocycles. The van der Waals surface area contributed by atoms with Crippen molar-refractivity contribution in [3.8, 4) is 0 Å². The molecule has 1 heterocycles. The molecular formula is C86H153NO8. The van der Waals surface area contributed by atoms with E-state index in [2.05, 4.69) is 116 Å². The summed E-state index contributed by atoms with van der Waals surface area (Å²) in [4.78, 5) is 13.2. The van der Waals surface area contributed by atoms with E-state index in [1.807, 2.05) is 6.08 Å². The molecule has 9 heteroatoms. The highest BCUT2D eigenvalue weighted by Gasteiger charge is 2.44. The van der Waals surface area contributed by atoms with Crippen molar-refractivity contribution in [2.45, 2.75) is 416 Å². The molecule has 0 saturated carbocycles. The second-order valence-corrected chi connectivity index (χ2v) is 27.8. The third kappa shape index (κ3) is 61.7. The number of ether oxygens (including phenoxy) is 2. The Kier molecular flexibility index (Phi) is 69.6. The maximum Gasteiger partial charge on any atom is 0.220 e. The number of rotatable bonds is 71. The molecule has 1 rings (SSSR count). The number of nitrogens with one attached hydrogen (secondary N) is 1. The Morgan fingerprint density at radius 1 is 0.368 bits per heavy atom. The molecule has 0 spiro atoms. The van der Waals surface area contributed by atoms with Crippen LogP contribution in [0.3, 0.4) is 0 Å². The third-order valence-corrected chi connectivity index (χ3v) is 18.9. The van der Waals surface area contributed by atoms with E-state index in [0.717, 1.165) is 89.9 Å². The summed E-state index contributed by atoms with van der Waals surface area (Å²) in [6.45, 7) is 3.71. The Balaban J connectivity index is 2.09. The Hall–Kier alpha value is -3.15. The minimum absolute atomic E-state index is 0.176. The van der Waals surface area contributed by atoms with Gasteiger partial charge in [0.05, 0.1) is 25.4 Å². The number of carbonyl (C=O) groups excluding carboxylic acids is 1. The summed E-state index contributed by atoms with van der Waals surface area (Å²) in [5.41, 5.74) is 0. The summed E-state index contributed by atoms with van der Waals surface area (Å²) in [6.07, 6.45) is 102. The van der Waals surface area contributed by atoms with Crippen LogP contribution < -0.4 is 5.32 Å². The summed E-state index contributed by atoms with van der Waals surface area (Å²) in [5, 5.41) is 55.0. The lowest BCUT2D eigenvalue weighted by Gasteiger charge is -2.40. The van der Waals surface area contributed by atoms with E-state index in [-0.39, 0.29) is 12.5 Å². The Labute approximate surface area is 586 Å². The molecule has 1 amide bonds. The van der Waals surface area contributed by atoms with Crippen LogP contribution in [-0.2, 0) is 14.3 Å². The minimum Gasteiger partial charge on any atom is -0.394 e. The fraction of sp³-hybridized carbons (Fsp3) is 0.779. The van der Waals surface area contributed by atoms with Gasteiger partial charge in [-0.05, 0) is 83.5 Å². The zero-order chi connectivity index (χ0) is 68.5. The van der Waals surface area contributed by atoms with Gasteiger partial charge in [-0.25, -0.2) is 0 Å². The first-order chi connectivity index (χ1) is 46.8. The van der Waals surface area contributed by atoms with E-state index in [1.54, 1.807) is 6.08 Å². The zero-order valence-corrected chi connectivity index (χ0v) is 61.9. The molecule has 7 atom stereocenters. The van der Waals surface area contributed by atoms with E-state index in [4.69, 9.17) is 9.47 Å². The maximum absolute atomic E-state index is 13.2. The lowest BCUT2D eigenvalue weighted by Crippen LogP contribution is -2.60. The number of aliphatic hydroxyl groups excluding tert-OH is 5. The topological polar surface area (TPSA) is 149 Å². The van der Waals surface area contributed by atoms with E-state index < -0.39 is 49.5 Å². The number of hydrogen-bond acceptors (Lipinski definition) is 8. The molecule has 0 aromatic rings.